The fourth-order valence-corrected chi connectivity index (χ4v) is 11.0. The second kappa shape index (κ2) is 7.63. The molecular weight excluding hydrogens is 424 g/mol. The lowest BCUT2D eigenvalue weighted by Gasteiger charge is -2.33. The average molecular weight is 445 g/mol. The van der Waals surface area contributed by atoms with Crippen molar-refractivity contribution in [1.82, 2.24) is 0 Å². The summed E-state index contributed by atoms with van der Waals surface area (Å²) < 4.78 is 0. The van der Waals surface area contributed by atoms with Crippen LogP contribution in [0.1, 0.15) is 0 Å². The van der Waals surface area contributed by atoms with Gasteiger partial charge in [0.2, 0.25) is 0 Å². The van der Waals surface area contributed by atoms with Crippen molar-refractivity contribution in [3.8, 4) is 22.3 Å². The molecule has 0 unspecified atom stereocenters. The lowest BCUT2D eigenvalue weighted by atomic mass is 9.99. The van der Waals surface area contributed by atoms with Gasteiger partial charge in [-0.1, -0.05) is 127 Å². The molecule has 0 fully saturated rings. The third kappa shape index (κ3) is 2.75. The Balaban J connectivity index is 1.82. The Hall–Kier alpha value is -3.39. The van der Waals surface area contributed by atoms with Gasteiger partial charge in [0.05, 0.1) is 0 Å². The second-order valence-electron chi connectivity index (χ2n) is 8.27. The SMILES string of the molecule is Clc1cccc(-c2cccc3c2[Si](c2ccccc2)(c2ccccc2)c2ccccc2-3)c1. The van der Waals surface area contributed by atoms with Crippen LogP contribution in [0.2, 0.25) is 5.02 Å². The van der Waals surface area contributed by atoms with Gasteiger partial charge in [-0.15, -0.1) is 0 Å². The van der Waals surface area contributed by atoms with E-state index in [1.165, 1.54) is 43.0 Å². The van der Waals surface area contributed by atoms with Gasteiger partial charge >= 0.3 is 0 Å². The molecule has 0 saturated heterocycles. The van der Waals surface area contributed by atoms with Crippen molar-refractivity contribution in [1.29, 1.82) is 0 Å². The van der Waals surface area contributed by atoms with Gasteiger partial charge in [0.1, 0.15) is 0 Å². The first kappa shape index (κ1) is 19.3. The highest BCUT2D eigenvalue weighted by Crippen LogP contribution is 2.34. The lowest BCUT2D eigenvalue weighted by Crippen LogP contribution is -2.73. The largest absolute Gasteiger partial charge is 0.181 e. The van der Waals surface area contributed by atoms with Crippen molar-refractivity contribution in [2.45, 2.75) is 0 Å². The summed E-state index contributed by atoms with van der Waals surface area (Å²) in [5.74, 6) is 0. The Morgan fingerprint density at radius 1 is 0.469 bits per heavy atom. The summed E-state index contributed by atoms with van der Waals surface area (Å²) in [6.45, 7) is 0. The normalized spacial score (nSPS) is 13.4. The van der Waals surface area contributed by atoms with Crippen molar-refractivity contribution in [3.05, 3.63) is 132 Å². The molecule has 2 heteroatoms. The molecule has 1 aliphatic heterocycles. The molecule has 0 aromatic heterocycles. The molecule has 0 aliphatic carbocycles. The zero-order valence-corrected chi connectivity index (χ0v) is 19.3. The van der Waals surface area contributed by atoms with E-state index in [1.807, 2.05) is 12.1 Å². The Kier molecular flexibility index (Phi) is 4.60. The minimum atomic E-state index is -2.51. The van der Waals surface area contributed by atoms with Gasteiger partial charge < -0.3 is 0 Å². The molecule has 0 atom stereocenters. The third-order valence-electron chi connectivity index (χ3n) is 6.61. The van der Waals surface area contributed by atoms with Crippen LogP contribution in [0.5, 0.6) is 0 Å². The summed E-state index contributed by atoms with van der Waals surface area (Å²) >= 11 is 6.45. The molecule has 0 radical (unpaired) electrons. The van der Waals surface area contributed by atoms with E-state index in [0.717, 1.165) is 5.02 Å². The maximum absolute atomic E-state index is 6.45. The van der Waals surface area contributed by atoms with Crippen LogP contribution in [0.25, 0.3) is 22.3 Å². The van der Waals surface area contributed by atoms with Crippen molar-refractivity contribution in [3.63, 3.8) is 0 Å². The van der Waals surface area contributed by atoms with Crippen LogP contribution in [0, 0.1) is 0 Å². The van der Waals surface area contributed by atoms with Crippen LogP contribution in [0.15, 0.2) is 127 Å². The number of benzene rings is 5. The molecule has 0 bridgehead atoms. The Morgan fingerprint density at radius 3 is 1.72 bits per heavy atom. The molecular formula is C30H21ClSi. The van der Waals surface area contributed by atoms with Gasteiger partial charge in [-0.25, -0.2) is 0 Å². The maximum atomic E-state index is 6.45. The van der Waals surface area contributed by atoms with Gasteiger partial charge in [-0.2, -0.15) is 0 Å². The molecule has 0 amide bonds. The molecule has 1 heterocycles. The van der Waals surface area contributed by atoms with E-state index < -0.39 is 8.07 Å². The Labute approximate surface area is 194 Å². The number of hydrogen-bond acceptors (Lipinski definition) is 0. The number of rotatable bonds is 3. The first-order valence-corrected chi connectivity index (χ1v) is 13.3. The fraction of sp³-hybridized carbons (Fsp3) is 0. The minimum absolute atomic E-state index is 0.766. The molecule has 0 saturated carbocycles. The summed E-state index contributed by atoms with van der Waals surface area (Å²) in [5, 5.41) is 6.50. The van der Waals surface area contributed by atoms with Gasteiger partial charge in [-0.3, -0.25) is 0 Å². The van der Waals surface area contributed by atoms with Gasteiger partial charge in [-0.05, 0) is 55.1 Å². The van der Waals surface area contributed by atoms with Crippen molar-refractivity contribution in [2.75, 3.05) is 0 Å². The summed E-state index contributed by atoms with van der Waals surface area (Å²) in [4.78, 5) is 0. The monoisotopic (exact) mass is 444 g/mol. The Morgan fingerprint density at radius 2 is 1.03 bits per heavy atom. The van der Waals surface area contributed by atoms with Gasteiger partial charge in [0.25, 0.3) is 0 Å². The zero-order valence-electron chi connectivity index (χ0n) is 17.5. The van der Waals surface area contributed by atoms with E-state index >= 15 is 0 Å². The first-order valence-electron chi connectivity index (χ1n) is 10.9. The molecule has 5 aromatic rings. The molecule has 32 heavy (non-hydrogen) atoms. The van der Waals surface area contributed by atoms with Crippen molar-refractivity contribution >= 4 is 40.4 Å². The summed E-state index contributed by atoms with van der Waals surface area (Å²) in [7, 11) is -2.51. The van der Waals surface area contributed by atoms with E-state index in [9.17, 15) is 0 Å². The van der Waals surface area contributed by atoms with Crippen molar-refractivity contribution < 1.29 is 0 Å². The van der Waals surface area contributed by atoms with Crippen LogP contribution in [0.4, 0.5) is 0 Å². The molecule has 6 rings (SSSR count). The second-order valence-corrected chi connectivity index (χ2v) is 12.4. The van der Waals surface area contributed by atoms with E-state index in [0.29, 0.717) is 0 Å². The summed E-state index contributed by atoms with van der Waals surface area (Å²) in [6.07, 6.45) is 0. The van der Waals surface area contributed by atoms with Crippen LogP contribution in [0.3, 0.4) is 0 Å². The number of halogens is 1. The minimum Gasteiger partial charge on any atom is -0.0843 e. The molecule has 5 aromatic carbocycles. The Bertz CT molecular complexity index is 1380. The quantitative estimate of drug-likeness (QED) is 0.322. The first-order chi connectivity index (χ1) is 15.8. The fourth-order valence-electron chi connectivity index (χ4n) is 5.40. The van der Waals surface area contributed by atoms with Crippen LogP contribution in [-0.4, -0.2) is 8.07 Å². The molecule has 0 N–H and O–H groups in total. The average Bonchev–Trinajstić information content (AvgIpc) is 3.17. The highest BCUT2D eigenvalue weighted by atomic mass is 35.5. The maximum Gasteiger partial charge on any atom is 0.181 e. The van der Waals surface area contributed by atoms with E-state index in [2.05, 4.69) is 115 Å². The van der Waals surface area contributed by atoms with Gasteiger partial charge in [0, 0.05) is 5.02 Å². The topological polar surface area (TPSA) is 0 Å². The molecule has 0 nitrogen and oxygen atoms in total. The number of hydrogen-bond donors (Lipinski definition) is 0. The van der Waals surface area contributed by atoms with E-state index in [-0.39, 0.29) is 0 Å². The van der Waals surface area contributed by atoms with Crippen LogP contribution in [-0.2, 0) is 0 Å². The van der Waals surface area contributed by atoms with E-state index in [4.69, 9.17) is 11.6 Å². The molecule has 0 spiro atoms. The van der Waals surface area contributed by atoms with E-state index in [1.54, 1.807) is 0 Å². The smallest absolute Gasteiger partial charge is 0.0843 e. The standard InChI is InChI=1S/C30H21ClSi/c31-23-12-9-11-22(21-23)26-18-10-19-28-27-17-7-8-20-29(27)32(30(26)28,24-13-3-1-4-14-24)25-15-5-2-6-16-25/h1-21H. The van der Waals surface area contributed by atoms with Crippen LogP contribution < -0.4 is 20.7 Å². The third-order valence-corrected chi connectivity index (χ3v) is 11.8. The highest BCUT2D eigenvalue weighted by Gasteiger charge is 2.49. The molecule has 152 valence electrons. The lowest BCUT2D eigenvalue weighted by molar-refractivity contribution is 1.63. The molecule has 1 aliphatic rings. The predicted molar refractivity (Wildman–Crippen MR) is 139 cm³/mol. The zero-order chi connectivity index (χ0) is 21.5. The number of fused-ring (bicyclic) bond motifs is 3. The van der Waals surface area contributed by atoms with Crippen LogP contribution >= 0.6 is 11.6 Å². The predicted octanol–water partition coefficient (Wildman–Crippen LogP) is 5.36. The summed E-state index contributed by atoms with van der Waals surface area (Å²) in [6, 6.07) is 46.2. The highest BCUT2D eigenvalue weighted by molar-refractivity contribution is 7.22. The summed E-state index contributed by atoms with van der Waals surface area (Å²) in [5.41, 5.74) is 5.15. The van der Waals surface area contributed by atoms with Crippen molar-refractivity contribution in [2.24, 2.45) is 0 Å². The van der Waals surface area contributed by atoms with Gasteiger partial charge in [0.15, 0.2) is 8.07 Å².